The Morgan fingerprint density at radius 1 is 0.600 bits per heavy atom. The van der Waals surface area contributed by atoms with Gasteiger partial charge < -0.3 is 0 Å². The lowest BCUT2D eigenvalue weighted by Gasteiger charge is -2.39. The van der Waals surface area contributed by atoms with E-state index in [1.54, 1.807) is 0 Å². The lowest BCUT2D eigenvalue weighted by atomic mass is 9.98. The number of hydrogen-bond donors (Lipinski definition) is 0. The lowest BCUT2D eigenvalue weighted by Crippen LogP contribution is -2.70. The van der Waals surface area contributed by atoms with Crippen molar-refractivity contribution in [2.75, 3.05) is 0 Å². The summed E-state index contributed by atoms with van der Waals surface area (Å²) in [5.74, 6) is -32.0. The van der Waals surface area contributed by atoms with E-state index in [4.69, 9.17) is 0 Å². The number of sulfone groups is 1. The zero-order valence-corrected chi connectivity index (χ0v) is 12.1. The van der Waals surface area contributed by atoms with Crippen molar-refractivity contribution in [1.29, 1.82) is 0 Å². The molecule has 150 valence electrons. The molecule has 0 heterocycles. The molecule has 0 aliphatic carbocycles. The molecular formula is C9H5F13O2S. The van der Waals surface area contributed by atoms with Gasteiger partial charge in [0, 0.05) is 5.41 Å². The van der Waals surface area contributed by atoms with Crippen molar-refractivity contribution in [3.8, 4) is 0 Å². The average Bonchev–Trinajstić information content (AvgIpc) is 2.35. The Bertz CT molecular complexity index is 628. The van der Waals surface area contributed by atoms with Crippen molar-refractivity contribution >= 4 is 9.84 Å². The van der Waals surface area contributed by atoms with Crippen LogP contribution in [0, 0.1) is 0 Å². The molecule has 2 nitrogen and oxygen atoms in total. The fourth-order valence-corrected chi connectivity index (χ4v) is 2.21. The van der Waals surface area contributed by atoms with E-state index in [1.807, 2.05) is 0 Å². The summed E-state index contributed by atoms with van der Waals surface area (Å²) in [6.07, 6.45) is -7.49. The molecule has 0 bridgehead atoms. The summed E-state index contributed by atoms with van der Waals surface area (Å²) >= 11 is 0. The number of allylic oxidation sites excluding steroid dienone is 1. The standard InChI is InChI=1S/C9H5F13O2S/c1-2-3-25(23,24)9(21,22)7(16,17)5(12,13)4(10,11)6(14,15)8(18,19)20/h2-3H,1H3/b3-2+. The second kappa shape index (κ2) is 5.90. The Morgan fingerprint density at radius 3 is 1.20 bits per heavy atom. The van der Waals surface area contributed by atoms with E-state index in [-0.39, 0.29) is 6.08 Å². The van der Waals surface area contributed by atoms with Crippen LogP contribution in [0.5, 0.6) is 0 Å². The molecule has 0 rings (SSSR count). The van der Waals surface area contributed by atoms with E-state index in [0.717, 1.165) is 0 Å². The van der Waals surface area contributed by atoms with Crippen LogP contribution in [0.15, 0.2) is 11.5 Å². The topological polar surface area (TPSA) is 34.1 Å². The van der Waals surface area contributed by atoms with Crippen LogP contribution in [0.1, 0.15) is 6.92 Å². The SMILES string of the molecule is C/C=C/S(=O)(=O)C(F)(F)C(F)(F)C(F)(F)C(F)(F)C(F)(F)C(F)(F)F. The highest BCUT2D eigenvalue weighted by Gasteiger charge is 2.92. The van der Waals surface area contributed by atoms with Gasteiger partial charge in [0.2, 0.25) is 9.84 Å². The van der Waals surface area contributed by atoms with Crippen LogP contribution >= 0.6 is 0 Å². The van der Waals surface area contributed by atoms with Crippen molar-refractivity contribution in [2.24, 2.45) is 0 Å². The van der Waals surface area contributed by atoms with E-state index in [2.05, 4.69) is 0 Å². The zero-order chi connectivity index (χ0) is 20.9. The normalized spacial score (nSPS) is 16.6. The maximum absolute atomic E-state index is 13.1. The van der Waals surface area contributed by atoms with Gasteiger partial charge in [-0.05, 0) is 6.92 Å². The Morgan fingerprint density at radius 2 is 0.920 bits per heavy atom. The predicted octanol–water partition coefficient (Wildman–Crippen LogP) is 4.63. The molecule has 0 unspecified atom stereocenters. The maximum Gasteiger partial charge on any atom is 0.460 e. The Balaban J connectivity index is 6.60. The smallest absolute Gasteiger partial charge is 0.218 e. The van der Waals surface area contributed by atoms with Crippen LogP contribution in [-0.2, 0) is 9.84 Å². The van der Waals surface area contributed by atoms with Crippen molar-refractivity contribution in [2.45, 2.75) is 42.0 Å². The van der Waals surface area contributed by atoms with Crippen LogP contribution in [0.4, 0.5) is 57.1 Å². The van der Waals surface area contributed by atoms with Gasteiger partial charge in [0.05, 0.1) is 0 Å². The molecule has 0 aromatic heterocycles. The third-order valence-electron chi connectivity index (χ3n) is 2.58. The van der Waals surface area contributed by atoms with Gasteiger partial charge in [0.15, 0.2) is 0 Å². The summed E-state index contributed by atoms with van der Waals surface area (Å²) < 4.78 is 186. The van der Waals surface area contributed by atoms with Crippen LogP contribution < -0.4 is 0 Å². The fraction of sp³-hybridized carbons (Fsp3) is 0.778. The fourth-order valence-electron chi connectivity index (χ4n) is 1.20. The molecule has 0 aromatic carbocycles. The van der Waals surface area contributed by atoms with E-state index >= 15 is 0 Å². The first-order chi connectivity index (χ1) is 10.6. The molecule has 0 aliphatic heterocycles. The van der Waals surface area contributed by atoms with Crippen molar-refractivity contribution in [1.82, 2.24) is 0 Å². The van der Waals surface area contributed by atoms with Crippen molar-refractivity contribution in [3.05, 3.63) is 11.5 Å². The third-order valence-corrected chi connectivity index (χ3v) is 4.18. The molecule has 0 N–H and O–H groups in total. The molecule has 16 heteroatoms. The number of rotatable bonds is 6. The molecule has 0 radical (unpaired) electrons. The second-order valence-corrected chi connectivity index (χ2v) is 6.20. The summed E-state index contributed by atoms with van der Waals surface area (Å²) in [5, 5.41) is -8.00. The van der Waals surface area contributed by atoms with E-state index in [1.165, 1.54) is 0 Å². The Labute approximate surface area is 130 Å². The molecule has 0 spiro atoms. The van der Waals surface area contributed by atoms with Gasteiger partial charge in [-0.15, -0.1) is 0 Å². The van der Waals surface area contributed by atoms with Crippen LogP contribution in [0.3, 0.4) is 0 Å². The Kier molecular flexibility index (Phi) is 5.62. The highest BCUT2D eigenvalue weighted by atomic mass is 32.2. The summed E-state index contributed by atoms with van der Waals surface area (Å²) in [6, 6.07) is 0. The molecule has 0 atom stereocenters. The molecule has 0 saturated heterocycles. The molecular weight excluding hydrogens is 419 g/mol. The quantitative estimate of drug-likeness (QED) is 0.583. The van der Waals surface area contributed by atoms with Gasteiger partial charge in [-0.3, -0.25) is 0 Å². The Hall–Kier alpha value is -1.22. The first-order valence-corrected chi connectivity index (χ1v) is 6.94. The highest BCUT2D eigenvalue weighted by Crippen LogP contribution is 2.61. The number of halogens is 13. The minimum Gasteiger partial charge on any atom is -0.218 e. The summed E-state index contributed by atoms with van der Waals surface area (Å²) in [7, 11) is -6.80. The molecule has 25 heavy (non-hydrogen) atoms. The predicted molar refractivity (Wildman–Crippen MR) is 54.5 cm³/mol. The highest BCUT2D eigenvalue weighted by molar-refractivity contribution is 7.95. The molecule has 0 aromatic rings. The van der Waals surface area contributed by atoms with Crippen LogP contribution in [0.2, 0.25) is 0 Å². The monoisotopic (exact) mass is 424 g/mol. The molecule has 0 fully saturated rings. The zero-order valence-electron chi connectivity index (χ0n) is 11.3. The van der Waals surface area contributed by atoms with Gasteiger partial charge in [-0.1, -0.05) is 6.08 Å². The van der Waals surface area contributed by atoms with E-state index in [0.29, 0.717) is 6.92 Å². The van der Waals surface area contributed by atoms with Gasteiger partial charge in [0.25, 0.3) is 0 Å². The average molecular weight is 424 g/mol. The van der Waals surface area contributed by atoms with Gasteiger partial charge in [-0.2, -0.15) is 57.1 Å². The van der Waals surface area contributed by atoms with Crippen molar-refractivity contribution < 1.29 is 65.5 Å². The van der Waals surface area contributed by atoms with Crippen molar-refractivity contribution in [3.63, 3.8) is 0 Å². The van der Waals surface area contributed by atoms with Gasteiger partial charge in [-0.25, -0.2) is 8.42 Å². The second-order valence-electron chi connectivity index (χ2n) is 4.33. The number of hydrogen-bond acceptors (Lipinski definition) is 2. The van der Waals surface area contributed by atoms with Crippen LogP contribution in [-0.4, -0.2) is 43.5 Å². The summed E-state index contributed by atoms with van der Waals surface area (Å²) in [6.45, 7) is 0.580. The van der Waals surface area contributed by atoms with E-state index < -0.39 is 50.4 Å². The first kappa shape index (κ1) is 23.8. The summed E-state index contributed by atoms with van der Waals surface area (Å²) in [5.41, 5.74) is 0. The molecule has 0 aliphatic rings. The maximum atomic E-state index is 13.1. The molecule has 0 amide bonds. The lowest BCUT2D eigenvalue weighted by molar-refractivity contribution is -0.433. The van der Waals surface area contributed by atoms with E-state index in [9.17, 15) is 65.5 Å². The minimum absolute atomic E-state index is 0.0555. The van der Waals surface area contributed by atoms with Gasteiger partial charge >= 0.3 is 35.1 Å². The first-order valence-electron chi connectivity index (χ1n) is 5.39. The molecule has 0 saturated carbocycles. The summed E-state index contributed by atoms with van der Waals surface area (Å²) in [4.78, 5) is 0. The number of alkyl halides is 13. The third kappa shape index (κ3) is 3.05. The van der Waals surface area contributed by atoms with Gasteiger partial charge in [0.1, 0.15) is 0 Å². The van der Waals surface area contributed by atoms with Crippen LogP contribution in [0.25, 0.3) is 0 Å². The largest absolute Gasteiger partial charge is 0.460 e. The minimum atomic E-state index is -8.13.